The van der Waals surface area contributed by atoms with E-state index in [0.29, 0.717) is 5.92 Å². The molecule has 0 heterocycles. The molecule has 0 radical (unpaired) electrons. The van der Waals surface area contributed by atoms with E-state index in [1.165, 1.54) is 23.1 Å². The first-order chi connectivity index (χ1) is 9.65. The van der Waals surface area contributed by atoms with Gasteiger partial charge in [0.15, 0.2) is 0 Å². The third-order valence-corrected chi connectivity index (χ3v) is 4.21. The number of halogens is 1. The molecular weight excluding hydrogens is 266 g/mol. The maximum atomic E-state index is 6.21. The number of hydrogen-bond acceptors (Lipinski definition) is 1. The van der Waals surface area contributed by atoms with E-state index in [0.717, 1.165) is 17.1 Å². The summed E-state index contributed by atoms with van der Waals surface area (Å²) in [4.78, 5) is 0. The van der Waals surface area contributed by atoms with Crippen LogP contribution in [0.15, 0.2) is 42.5 Å². The fraction of sp³-hybridized carbons (Fsp3) is 0.333. The Balaban J connectivity index is 2.29. The molecule has 1 atom stereocenters. The SMILES string of the molecule is CCC(C)c1ccc(-c2ccc(Cl)c(CNC)c2)cc1. The highest BCUT2D eigenvalue weighted by molar-refractivity contribution is 6.31. The minimum absolute atomic E-state index is 0.620. The normalized spacial score (nSPS) is 12.4. The Hall–Kier alpha value is -1.31. The van der Waals surface area contributed by atoms with Crippen LogP contribution in [0.2, 0.25) is 5.02 Å². The zero-order valence-corrected chi connectivity index (χ0v) is 13.2. The number of benzene rings is 2. The van der Waals surface area contributed by atoms with E-state index in [4.69, 9.17) is 11.6 Å². The van der Waals surface area contributed by atoms with Crippen molar-refractivity contribution >= 4 is 11.6 Å². The zero-order chi connectivity index (χ0) is 14.5. The van der Waals surface area contributed by atoms with Gasteiger partial charge < -0.3 is 5.32 Å². The van der Waals surface area contributed by atoms with Crippen LogP contribution in [0.5, 0.6) is 0 Å². The molecule has 0 spiro atoms. The predicted molar refractivity (Wildman–Crippen MR) is 88.4 cm³/mol. The summed E-state index contributed by atoms with van der Waals surface area (Å²) in [6.07, 6.45) is 1.17. The van der Waals surface area contributed by atoms with Crippen molar-refractivity contribution in [2.75, 3.05) is 7.05 Å². The zero-order valence-electron chi connectivity index (χ0n) is 12.4. The van der Waals surface area contributed by atoms with Gasteiger partial charge in [-0.3, -0.25) is 0 Å². The molecule has 0 aliphatic rings. The van der Waals surface area contributed by atoms with E-state index in [1.54, 1.807) is 0 Å². The Morgan fingerprint density at radius 3 is 2.30 bits per heavy atom. The van der Waals surface area contributed by atoms with Crippen molar-refractivity contribution in [3.63, 3.8) is 0 Å². The molecule has 2 aromatic rings. The lowest BCUT2D eigenvalue weighted by atomic mass is 9.95. The van der Waals surface area contributed by atoms with E-state index in [9.17, 15) is 0 Å². The summed E-state index contributed by atoms with van der Waals surface area (Å²) >= 11 is 6.21. The highest BCUT2D eigenvalue weighted by atomic mass is 35.5. The van der Waals surface area contributed by atoms with E-state index in [2.05, 4.69) is 55.6 Å². The fourth-order valence-electron chi connectivity index (χ4n) is 2.32. The van der Waals surface area contributed by atoms with E-state index < -0.39 is 0 Å². The van der Waals surface area contributed by atoms with Crippen LogP contribution < -0.4 is 5.32 Å². The molecule has 2 rings (SSSR count). The maximum absolute atomic E-state index is 6.21. The molecule has 0 aromatic heterocycles. The summed E-state index contributed by atoms with van der Waals surface area (Å²) in [5.41, 5.74) is 5.00. The average Bonchev–Trinajstić information content (AvgIpc) is 2.49. The minimum Gasteiger partial charge on any atom is -0.316 e. The van der Waals surface area contributed by atoms with Gasteiger partial charge in [0.2, 0.25) is 0 Å². The van der Waals surface area contributed by atoms with Gasteiger partial charge in [0.25, 0.3) is 0 Å². The predicted octanol–water partition coefficient (Wildman–Crippen LogP) is 5.24. The van der Waals surface area contributed by atoms with Crippen molar-refractivity contribution in [3.8, 4) is 11.1 Å². The van der Waals surface area contributed by atoms with Gasteiger partial charge in [-0.15, -0.1) is 0 Å². The van der Waals surface area contributed by atoms with Crippen LogP contribution in [-0.4, -0.2) is 7.05 Å². The smallest absolute Gasteiger partial charge is 0.0451 e. The molecule has 106 valence electrons. The molecule has 1 N–H and O–H groups in total. The number of nitrogens with one attached hydrogen (secondary N) is 1. The number of hydrogen-bond donors (Lipinski definition) is 1. The molecule has 0 bridgehead atoms. The van der Waals surface area contributed by atoms with Gasteiger partial charge in [-0.25, -0.2) is 0 Å². The quantitative estimate of drug-likeness (QED) is 0.793. The van der Waals surface area contributed by atoms with Crippen LogP contribution in [0, 0.1) is 0 Å². The highest BCUT2D eigenvalue weighted by Crippen LogP contribution is 2.27. The third-order valence-electron chi connectivity index (χ3n) is 3.84. The van der Waals surface area contributed by atoms with E-state index in [1.807, 2.05) is 13.1 Å². The fourth-order valence-corrected chi connectivity index (χ4v) is 2.50. The molecule has 0 aliphatic heterocycles. The van der Waals surface area contributed by atoms with Crippen molar-refractivity contribution in [1.82, 2.24) is 5.32 Å². The standard InChI is InChI=1S/C18H22ClN/c1-4-13(2)14-5-7-15(8-6-14)16-9-10-18(19)17(11-16)12-20-3/h5-11,13,20H,4,12H2,1-3H3. The van der Waals surface area contributed by atoms with Crippen molar-refractivity contribution < 1.29 is 0 Å². The van der Waals surface area contributed by atoms with Crippen LogP contribution in [0.3, 0.4) is 0 Å². The first-order valence-corrected chi connectivity index (χ1v) is 7.56. The van der Waals surface area contributed by atoms with Crippen LogP contribution in [-0.2, 0) is 6.54 Å². The molecule has 0 amide bonds. The maximum Gasteiger partial charge on any atom is 0.0451 e. The van der Waals surface area contributed by atoms with Crippen LogP contribution >= 0.6 is 11.6 Å². The van der Waals surface area contributed by atoms with Crippen LogP contribution in [0.1, 0.15) is 37.3 Å². The molecule has 2 heteroatoms. The Kier molecular flexibility index (Phi) is 5.22. The van der Waals surface area contributed by atoms with Crippen molar-refractivity contribution in [2.45, 2.75) is 32.7 Å². The Morgan fingerprint density at radius 2 is 1.70 bits per heavy atom. The lowest BCUT2D eigenvalue weighted by Crippen LogP contribution is -2.05. The van der Waals surface area contributed by atoms with E-state index >= 15 is 0 Å². The average molecular weight is 288 g/mol. The first-order valence-electron chi connectivity index (χ1n) is 7.19. The van der Waals surface area contributed by atoms with E-state index in [-0.39, 0.29) is 0 Å². The molecule has 20 heavy (non-hydrogen) atoms. The summed E-state index contributed by atoms with van der Waals surface area (Å²) in [6, 6.07) is 15.1. The molecule has 1 nitrogen and oxygen atoms in total. The lowest BCUT2D eigenvalue weighted by Gasteiger charge is -2.11. The molecule has 0 saturated carbocycles. The topological polar surface area (TPSA) is 12.0 Å². The van der Waals surface area contributed by atoms with Gasteiger partial charge >= 0.3 is 0 Å². The largest absolute Gasteiger partial charge is 0.316 e. The Labute approximate surface area is 127 Å². The van der Waals surface area contributed by atoms with Gasteiger partial charge in [0, 0.05) is 11.6 Å². The van der Waals surface area contributed by atoms with Crippen LogP contribution in [0.4, 0.5) is 0 Å². The van der Waals surface area contributed by atoms with Crippen molar-refractivity contribution in [1.29, 1.82) is 0 Å². The second-order valence-electron chi connectivity index (χ2n) is 5.27. The molecular formula is C18H22ClN. The van der Waals surface area contributed by atoms with Crippen molar-refractivity contribution in [2.24, 2.45) is 0 Å². The van der Waals surface area contributed by atoms with Crippen LogP contribution in [0.25, 0.3) is 11.1 Å². The van der Waals surface area contributed by atoms with Gasteiger partial charge in [0.1, 0.15) is 0 Å². The third kappa shape index (κ3) is 3.41. The monoisotopic (exact) mass is 287 g/mol. The second kappa shape index (κ2) is 6.92. The van der Waals surface area contributed by atoms with Gasteiger partial charge in [-0.2, -0.15) is 0 Å². The molecule has 1 unspecified atom stereocenters. The summed E-state index contributed by atoms with van der Waals surface area (Å²) in [7, 11) is 1.93. The molecule has 0 fully saturated rings. The Bertz CT molecular complexity index is 560. The highest BCUT2D eigenvalue weighted by Gasteiger charge is 2.06. The van der Waals surface area contributed by atoms with Gasteiger partial charge in [0.05, 0.1) is 0 Å². The first kappa shape index (κ1) is 15.1. The van der Waals surface area contributed by atoms with Gasteiger partial charge in [-0.05, 0) is 53.8 Å². The summed E-state index contributed by atoms with van der Waals surface area (Å²) in [6.45, 7) is 5.28. The van der Waals surface area contributed by atoms with Gasteiger partial charge in [-0.1, -0.05) is 55.8 Å². The molecule has 0 aliphatic carbocycles. The number of rotatable bonds is 5. The van der Waals surface area contributed by atoms with Crippen molar-refractivity contribution in [3.05, 3.63) is 58.6 Å². The lowest BCUT2D eigenvalue weighted by molar-refractivity contribution is 0.734. The summed E-state index contributed by atoms with van der Waals surface area (Å²) in [5.74, 6) is 0.620. The Morgan fingerprint density at radius 1 is 1.05 bits per heavy atom. The second-order valence-corrected chi connectivity index (χ2v) is 5.68. The summed E-state index contributed by atoms with van der Waals surface area (Å²) < 4.78 is 0. The molecule has 2 aromatic carbocycles. The minimum atomic E-state index is 0.620. The molecule has 0 saturated heterocycles. The summed E-state index contributed by atoms with van der Waals surface area (Å²) in [5, 5.41) is 3.97.